The first-order chi connectivity index (χ1) is 11.9. The summed E-state index contributed by atoms with van der Waals surface area (Å²) in [6, 6.07) is 7.17. The van der Waals surface area contributed by atoms with Crippen molar-refractivity contribution in [3.8, 4) is 5.75 Å². The Kier molecular flexibility index (Phi) is 5.35. The lowest BCUT2D eigenvalue weighted by molar-refractivity contribution is 0.0943. The number of amides is 1. The van der Waals surface area contributed by atoms with Crippen molar-refractivity contribution in [2.24, 2.45) is 0 Å². The third-order valence-corrected chi connectivity index (χ3v) is 4.49. The summed E-state index contributed by atoms with van der Waals surface area (Å²) >= 11 is 6.36. The zero-order valence-corrected chi connectivity index (χ0v) is 15.5. The molecule has 3 rings (SSSR count). The minimum Gasteiger partial charge on any atom is -0.484 e. The predicted molar refractivity (Wildman–Crippen MR) is 97.1 cm³/mol. The van der Waals surface area contributed by atoms with Gasteiger partial charge in [0.05, 0.1) is 17.8 Å². The third-order valence-electron chi connectivity index (χ3n) is 4.20. The molecule has 6 heteroatoms. The maximum Gasteiger partial charge on any atom is 0.251 e. The fraction of sp³-hybridized carbons (Fsp3) is 0.421. The van der Waals surface area contributed by atoms with Crippen LogP contribution in [0.2, 0.25) is 5.02 Å². The average molecular weight is 363 g/mol. The van der Waals surface area contributed by atoms with Gasteiger partial charge in [0.25, 0.3) is 5.91 Å². The van der Waals surface area contributed by atoms with Crippen LogP contribution in [0.4, 0.5) is 0 Å². The van der Waals surface area contributed by atoms with E-state index in [0.29, 0.717) is 16.3 Å². The molecule has 0 bridgehead atoms. The Balaban J connectivity index is 1.79. The first-order valence-corrected chi connectivity index (χ1v) is 8.83. The first-order valence-electron chi connectivity index (χ1n) is 8.46. The van der Waals surface area contributed by atoms with Gasteiger partial charge in [-0.2, -0.15) is 0 Å². The molecule has 1 N–H and O–H groups in total. The van der Waals surface area contributed by atoms with Crippen molar-refractivity contribution in [1.82, 2.24) is 10.2 Å². The lowest BCUT2D eigenvalue weighted by Crippen LogP contribution is -2.30. The second-order valence-corrected chi connectivity index (χ2v) is 7.11. The van der Waals surface area contributed by atoms with Gasteiger partial charge in [0, 0.05) is 30.1 Å². The van der Waals surface area contributed by atoms with Crippen LogP contribution >= 0.6 is 11.6 Å². The second kappa shape index (κ2) is 7.50. The molecule has 25 heavy (non-hydrogen) atoms. The molecule has 1 aromatic heterocycles. The molecule has 0 saturated heterocycles. The minimum atomic E-state index is -0.142. The Bertz CT molecular complexity index is 757. The van der Waals surface area contributed by atoms with Gasteiger partial charge >= 0.3 is 0 Å². The van der Waals surface area contributed by atoms with E-state index >= 15 is 0 Å². The van der Waals surface area contributed by atoms with Gasteiger partial charge in [-0.3, -0.25) is 9.69 Å². The number of halogens is 1. The van der Waals surface area contributed by atoms with Crippen molar-refractivity contribution in [3.63, 3.8) is 0 Å². The summed E-state index contributed by atoms with van der Waals surface area (Å²) in [6.07, 6.45) is 2.42. The first kappa shape index (κ1) is 17.8. The monoisotopic (exact) mass is 362 g/mol. The van der Waals surface area contributed by atoms with Gasteiger partial charge in [0.2, 0.25) is 0 Å². The van der Waals surface area contributed by atoms with Gasteiger partial charge in [-0.25, -0.2) is 0 Å². The maximum absolute atomic E-state index is 12.1. The summed E-state index contributed by atoms with van der Waals surface area (Å²) in [7, 11) is 2.06. The van der Waals surface area contributed by atoms with E-state index < -0.39 is 0 Å². The van der Waals surface area contributed by atoms with Crippen LogP contribution in [0.15, 0.2) is 34.9 Å². The summed E-state index contributed by atoms with van der Waals surface area (Å²) < 4.78 is 11.7. The van der Waals surface area contributed by atoms with Crippen LogP contribution in [0.1, 0.15) is 48.1 Å². The molecule has 2 aromatic rings. The zero-order valence-electron chi connectivity index (χ0n) is 14.7. The maximum atomic E-state index is 12.1. The van der Waals surface area contributed by atoms with Crippen molar-refractivity contribution in [3.05, 3.63) is 52.4 Å². The Morgan fingerprint density at radius 1 is 1.40 bits per heavy atom. The molecule has 5 nitrogen and oxygen atoms in total. The number of carbonyl (C=O) groups is 1. The number of fused-ring (bicyclic) bond motifs is 1. The molecule has 0 fully saturated rings. The van der Waals surface area contributed by atoms with Crippen molar-refractivity contribution >= 4 is 17.5 Å². The SMILES string of the molecule is CC(C)NC(=O)c1ccc(OC2CCN(C)Cc3occc32)c(Cl)c1. The highest BCUT2D eigenvalue weighted by molar-refractivity contribution is 6.32. The molecular weight excluding hydrogens is 340 g/mol. The Labute approximate surface area is 152 Å². The molecule has 0 aliphatic carbocycles. The Morgan fingerprint density at radius 3 is 2.92 bits per heavy atom. The largest absolute Gasteiger partial charge is 0.484 e. The molecule has 0 radical (unpaired) electrons. The zero-order chi connectivity index (χ0) is 18.0. The molecular formula is C19H23ClN2O3. The van der Waals surface area contributed by atoms with Crippen LogP contribution < -0.4 is 10.1 Å². The average Bonchev–Trinajstić information content (AvgIpc) is 2.94. The number of furan rings is 1. The lowest BCUT2D eigenvalue weighted by Gasteiger charge is -2.19. The quantitative estimate of drug-likeness (QED) is 0.892. The Hall–Kier alpha value is -1.98. The van der Waals surface area contributed by atoms with Crippen LogP contribution in [0.5, 0.6) is 5.75 Å². The second-order valence-electron chi connectivity index (χ2n) is 6.71. The van der Waals surface area contributed by atoms with Gasteiger partial charge in [-0.1, -0.05) is 11.6 Å². The van der Waals surface area contributed by atoms with Crippen molar-refractivity contribution in [2.75, 3.05) is 13.6 Å². The molecule has 0 saturated carbocycles. The fourth-order valence-corrected chi connectivity index (χ4v) is 3.17. The number of ether oxygens (including phenoxy) is 1. The topological polar surface area (TPSA) is 54.7 Å². The molecule has 1 aliphatic heterocycles. The summed E-state index contributed by atoms with van der Waals surface area (Å²) in [5.41, 5.74) is 1.58. The van der Waals surface area contributed by atoms with Gasteiger partial charge in [0.1, 0.15) is 17.6 Å². The van der Waals surface area contributed by atoms with Gasteiger partial charge in [0.15, 0.2) is 0 Å². The highest BCUT2D eigenvalue weighted by Gasteiger charge is 2.25. The van der Waals surface area contributed by atoms with Crippen LogP contribution in [0.3, 0.4) is 0 Å². The van der Waals surface area contributed by atoms with Crippen LogP contribution in [0, 0.1) is 0 Å². The van der Waals surface area contributed by atoms with E-state index in [1.807, 2.05) is 19.9 Å². The van der Waals surface area contributed by atoms with E-state index in [4.69, 9.17) is 20.8 Å². The molecule has 1 unspecified atom stereocenters. The standard InChI is InChI=1S/C19H23ClN2O3/c1-12(2)21-19(23)13-4-5-17(15(20)10-13)25-16-6-8-22(3)11-18-14(16)7-9-24-18/h4-5,7,9-10,12,16H,6,8,11H2,1-3H3,(H,21,23). The van der Waals surface area contributed by atoms with Gasteiger partial charge in [-0.15, -0.1) is 0 Å². The molecule has 1 aliphatic rings. The fourth-order valence-electron chi connectivity index (χ4n) is 2.94. The molecule has 1 atom stereocenters. The van der Waals surface area contributed by atoms with Gasteiger partial charge < -0.3 is 14.5 Å². The normalized spacial score (nSPS) is 17.9. The van der Waals surface area contributed by atoms with Crippen LogP contribution in [-0.2, 0) is 6.54 Å². The van der Waals surface area contributed by atoms with Crippen molar-refractivity contribution in [2.45, 2.75) is 39.0 Å². The Morgan fingerprint density at radius 2 is 2.20 bits per heavy atom. The van der Waals surface area contributed by atoms with E-state index in [1.165, 1.54) is 0 Å². The molecule has 0 spiro atoms. The number of rotatable bonds is 4. The smallest absolute Gasteiger partial charge is 0.251 e. The molecule has 1 aromatic carbocycles. The minimum absolute atomic E-state index is 0.0738. The highest BCUT2D eigenvalue weighted by Crippen LogP contribution is 2.35. The summed E-state index contributed by atoms with van der Waals surface area (Å²) in [5, 5.41) is 3.28. The number of hydrogen-bond acceptors (Lipinski definition) is 4. The molecule has 134 valence electrons. The van der Waals surface area contributed by atoms with Crippen LogP contribution in [-0.4, -0.2) is 30.4 Å². The molecule has 2 heterocycles. The van der Waals surface area contributed by atoms with E-state index in [1.54, 1.807) is 24.5 Å². The van der Waals surface area contributed by atoms with E-state index in [2.05, 4.69) is 17.3 Å². The number of nitrogens with one attached hydrogen (secondary N) is 1. The number of nitrogens with zero attached hydrogens (tertiary/aromatic N) is 1. The van der Waals surface area contributed by atoms with E-state index in [-0.39, 0.29) is 18.1 Å². The van der Waals surface area contributed by atoms with Crippen LogP contribution in [0.25, 0.3) is 0 Å². The van der Waals surface area contributed by atoms with E-state index in [9.17, 15) is 4.79 Å². The predicted octanol–water partition coefficient (Wildman–Crippen LogP) is 4.03. The van der Waals surface area contributed by atoms with E-state index in [0.717, 1.165) is 30.8 Å². The van der Waals surface area contributed by atoms with Crippen molar-refractivity contribution in [1.29, 1.82) is 0 Å². The third kappa shape index (κ3) is 4.17. The van der Waals surface area contributed by atoms with Gasteiger partial charge in [-0.05, 0) is 45.2 Å². The number of hydrogen-bond donors (Lipinski definition) is 1. The highest BCUT2D eigenvalue weighted by atomic mass is 35.5. The molecule has 1 amide bonds. The summed E-state index contributed by atoms with van der Waals surface area (Å²) in [6.45, 7) is 5.51. The summed E-state index contributed by atoms with van der Waals surface area (Å²) in [5.74, 6) is 1.36. The lowest BCUT2D eigenvalue weighted by atomic mass is 10.1. The number of carbonyl (C=O) groups excluding carboxylic acids is 1. The number of benzene rings is 1. The summed E-state index contributed by atoms with van der Waals surface area (Å²) in [4.78, 5) is 14.3. The van der Waals surface area contributed by atoms with Crippen molar-refractivity contribution < 1.29 is 13.9 Å².